The number of carbonyl (C=O) groups is 3. The maximum absolute atomic E-state index is 12.7. The van der Waals surface area contributed by atoms with E-state index in [4.69, 9.17) is 5.26 Å². The van der Waals surface area contributed by atoms with Crippen molar-refractivity contribution in [2.45, 2.75) is 43.2 Å². The molecule has 1 heterocycles. The van der Waals surface area contributed by atoms with Crippen LogP contribution in [0.1, 0.15) is 43.2 Å². The minimum absolute atomic E-state index is 0.0957. The van der Waals surface area contributed by atoms with Crippen LogP contribution in [0.2, 0.25) is 0 Å². The molecule has 2 aliphatic carbocycles. The number of imide groups is 1. The second-order valence-corrected chi connectivity index (χ2v) is 7.21. The largest absolute Gasteiger partial charge is 0.346 e. The number of rotatable bonds is 3. The molecule has 7 nitrogen and oxygen atoms in total. The van der Waals surface area contributed by atoms with Gasteiger partial charge in [0.1, 0.15) is 5.54 Å². The molecule has 128 valence electrons. The van der Waals surface area contributed by atoms with Crippen LogP contribution in [-0.4, -0.2) is 23.4 Å². The highest BCUT2D eigenvalue weighted by Gasteiger charge is 2.58. The molecular formula is C18H18N4O3. The summed E-state index contributed by atoms with van der Waals surface area (Å²) in [4.78, 5) is 35.8. The molecule has 0 atom stereocenters. The molecule has 0 bridgehead atoms. The molecule has 0 radical (unpaired) electrons. The van der Waals surface area contributed by atoms with Crippen LogP contribution in [0.3, 0.4) is 0 Å². The van der Waals surface area contributed by atoms with E-state index in [0.717, 1.165) is 24.8 Å². The summed E-state index contributed by atoms with van der Waals surface area (Å²) in [7, 11) is 0. The van der Waals surface area contributed by atoms with Crippen molar-refractivity contribution in [1.29, 1.82) is 5.26 Å². The average Bonchev–Trinajstić information content (AvgIpc) is 2.83. The Morgan fingerprint density at radius 1 is 1.28 bits per heavy atom. The molecule has 25 heavy (non-hydrogen) atoms. The number of benzene rings is 1. The SMILES string of the molecule is N#Cc1cccc(C2(NC(=O)C3CC4(C3)NC(=O)NC4=O)CCC2)c1. The third kappa shape index (κ3) is 2.37. The first kappa shape index (κ1) is 15.6. The van der Waals surface area contributed by atoms with Gasteiger partial charge in [0, 0.05) is 5.92 Å². The summed E-state index contributed by atoms with van der Waals surface area (Å²) in [5.74, 6) is -0.732. The van der Waals surface area contributed by atoms with Gasteiger partial charge in [-0.15, -0.1) is 0 Å². The van der Waals surface area contributed by atoms with Gasteiger partial charge < -0.3 is 10.6 Å². The van der Waals surface area contributed by atoms with Crippen molar-refractivity contribution in [2.24, 2.45) is 5.92 Å². The van der Waals surface area contributed by atoms with E-state index >= 15 is 0 Å². The molecular weight excluding hydrogens is 320 g/mol. The lowest BCUT2D eigenvalue weighted by Gasteiger charge is -2.47. The minimum Gasteiger partial charge on any atom is -0.346 e. The Morgan fingerprint density at radius 3 is 2.60 bits per heavy atom. The molecule has 4 amide bonds. The van der Waals surface area contributed by atoms with E-state index < -0.39 is 17.1 Å². The third-order valence-corrected chi connectivity index (χ3v) is 5.69. The number of hydrogen-bond donors (Lipinski definition) is 3. The van der Waals surface area contributed by atoms with E-state index in [9.17, 15) is 14.4 Å². The van der Waals surface area contributed by atoms with Crippen molar-refractivity contribution in [2.75, 3.05) is 0 Å². The van der Waals surface area contributed by atoms with Gasteiger partial charge in [0.2, 0.25) is 5.91 Å². The van der Waals surface area contributed by atoms with Crippen molar-refractivity contribution in [3.05, 3.63) is 35.4 Å². The van der Waals surface area contributed by atoms with Gasteiger partial charge in [0.15, 0.2) is 0 Å². The van der Waals surface area contributed by atoms with Gasteiger partial charge in [0.25, 0.3) is 5.91 Å². The lowest BCUT2D eigenvalue weighted by molar-refractivity contribution is -0.138. The zero-order valence-electron chi connectivity index (χ0n) is 13.6. The van der Waals surface area contributed by atoms with E-state index in [0.29, 0.717) is 18.4 Å². The van der Waals surface area contributed by atoms with E-state index in [1.807, 2.05) is 18.2 Å². The molecule has 0 unspecified atom stereocenters. The number of urea groups is 1. The number of carbonyl (C=O) groups excluding carboxylic acids is 3. The summed E-state index contributed by atoms with van der Waals surface area (Å²) in [5.41, 5.74) is 0.193. The fraction of sp³-hybridized carbons (Fsp3) is 0.444. The van der Waals surface area contributed by atoms with Crippen LogP contribution >= 0.6 is 0 Å². The Labute approximate surface area is 144 Å². The van der Waals surface area contributed by atoms with Crippen LogP contribution in [0, 0.1) is 17.2 Å². The molecule has 4 rings (SSSR count). The first-order valence-corrected chi connectivity index (χ1v) is 8.43. The van der Waals surface area contributed by atoms with Crippen LogP contribution < -0.4 is 16.0 Å². The smallest absolute Gasteiger partial charge is 0.322 e. The Morgan fingerprint density at radius 2 is 2.04 bits per heavy atom. The van der Waals surface area contributed by atoms with E-state index in [2.05, 4.69) is 22.0 Å². The zero-order valence-corrected chi connectivity index (χ0v) is 13.6. The Balaban J connectivity index is 1.46. The highest BCUT2D eigenvalue weighted by atomic mass is 16.2. The van der Waals surface area contributed by atoms with E-state index in [1.54, 1.807) is 6.07 Å². The van der Waals surface area contributed by atoms with Crippen molar-refractivity contribution in [3.8, 4) is 6.07 Å². The maximum atomic E-state index is 12.7. The van der Waals surface area contributed by atoms with E-state index in [1.165, 1.54) is 0 Å². The predicted molar refractivity (Wildman–Crippen MR) is 87.0 cm³/mol. The second-order valence-electron chi connectivity index (χ2n) is 7.21. The van der Waals surface area contributed by atoms with Crippen LogP contribution in [0.4, 0.5) is 4.79 Å². The maximum Gasteiger partial charge on any atom is 0.322 e. The zero-order chi connectivity index (χ0) is 17.7. The normalized spacial score (nSPS) is 29.0. The average molecular weight is 338 g/mol. The lowest BCUT2D eigenvalue weighted by Crippen LogP contribution is -2.62. The monoisotopic (exact) mass is 338 g/mol. The molecule has 1 spiro atoms. The summed E-state index contributed by atoms with van der Waals surface area (Å²) < 4.78 is 0. The molecule has 0 aromatic heterocycles. The third-order valence-electron chi connectivity index (χ3n) is 5.69. The molecule has 3 N–H and O–H groups in total. The van der Waals surface area contributed by atoms with Crippen LogP contribution in [-0.2, 0) is 15.1 Å². The van der Waals surface area contributed by atoms with Crippen LogP contribution in [0.25, 0.3) is 0 Å². The summed E-state index contributed by atoms with van der Waals surface area (Å²) in [6.45, 7) is 0. The number of nitriles is 1. The Bertz CT molecular complexity index is 816. The van der Waals surface area contributed by atoms with Gasteiger partial charge in [-0.3, -0.25) is 14.9 Å². The quantitative estimate of drug-likeness (QED) is 0.715. The lowest BCUT2D eigenvalue weighted by atomic mass is 9.66. The van der Waals surface area contributed by atoms with Crippen molar-refractivity contribution < 1.29 is 14.4 Å². The summed E-state index contributed by atoms with van der Waals surface area (Å²) in [6.07, 6.45) is 3.34. The van der Waals surface area contributed by atoms with Gasteiger partial charge in [0.05, 0.1) is 17.2 Å². The predicted octanol–water partition coefficient (Wildman–Crippen LogP) is 1.04. The fourth-order valence-corrected chi connectivity index (χ4v) is 4.02. The van der Waals surface area contributed by atoms with Gasteiger partial charge in [-0.25, -0.2) is 4.79 Å². The molecule has 1 saturated heterocycles. The topological polar surface area (TPSA) is 111 Å². The minimum atomic E-state index is -0.910. The van der Waals surface area contributed by atoms with E-state index in [-0.39, 0.29) is 17.7 Å². The summed E-state index contributed by atoms with van der Waals surface area (Å²) in [5, 5.41) is 17.1. The van der Waals surface area contributed by atoms with Crippen molar-refractivity contribution in [3.63, 3.8) is 0 Å². The van der Waals surface area contributed by atoms with Gasteiger partial charge in [-0.05, 0) is 49.8 Å². The standard InChI is InChI=1S/C18H18N4O3/c19-10-11-3-1-4-13(7-11)17(5-2-6-17)21-14(23)12-8-18(9-12)15(24)20-16(25)22-18/h1,3-4,7,12H,2,5-6,8-9H2,(H,21,23)(H2,20,22,24,25). The highest BCUT2D eigenvalue weighted by molar-refractivity contribution is 6.08. The first-order chi connectivity index (χ1) is 12.0. The van der Waals surface area contributed by atoms with Crippen LogP contribution in [0.5, 0.6) is 0 Å². The number of nitrogens with zero attached hydrogens (tertiary/aromatic N) is 1. The van der Waals surface area contributed by atoms with Crippen LogP contribution in [0.15, 0.2) is 24.3 Å². The molecule has 1 aromatic rings. The molecule has 1 aliphatic heterocycles. The first-order valence-electron chi connectivity index (χ1n) is 8.43. The summed E-state index contributed by atoms with van der Waals surface area (Å²) in [6, 6.07) is 8.98. The van der Waals surface area contributed by atoms with Gasteiger partial charge in [-0.2, -0.15) is 5.26 Å². The van der Waals surface area contributed by atoms with Gasteiger partial charge in [-0.1, -0.05) is 12.1 Å². The molecule has 7 heteroatoms. The highest BCUT2D eigenvalue weighted by Crippen LogP contribution is 2.44. The fourth-order valence-electron chi connectivity index (χ4n) is 4.02. The molecule has 3 fully saturated rings. The number of nitrogens with one attached hydrogen (secondary N) is 3. The summed E-state index contributed by atoms with van der Waals surface area (Å²) >= 11 is 0. The molecule has 3 aliphatic rings. The molecule has 2 saturated carbocycles. The van der Waals surface area contributed by atoms with Gasteiger partial charge >= 0.3 is 6.03 Å². The number of amides is 4. The van der Waals surface area contributed by atoms with Crippen molar-refractivity contribution in [1.82, 2.24) is 16.0 Å². The second kappa shape index (κ2) is 5.31. The number of hydrogen-bond acceptors (Lipinski definition) is 4. The van der Waals surface area contributed by atoms with Crippen molar-refractivity contribution >= 4 is 17.8 Å². The molecule has 1 aromatic carbocycles. The Kier molecular flexibility index (Phi) is 3.32. The Hall–Kier alpha value is -2.88.